The Labute approximate surface area is 103 Å². The van der Waals surface area contributed by atoms with Gasteiger partial charge in [-0.1, -0.05) is 23.2 Å². The maximum Gasteiger partial charge on any atom is 0.146 e. The average molecular weight is 255 g/mol. The number of pyridine rings is 1. The summed E-state index contributed by atoms with van der Waals surface area (Å²) in [7, 11) is 0. The van der Waals surface area contributed by atoms with E-state index in [1.807, 2.05) is 0 Å². The van der Waals surface area contributed by atoms with Gasteiger partial charge >= 0.3 is 0 Å². The van der Waals surface area contributed by atoms with Gasteiger partial charge in [0.05, 0.1) is 11.2 Å². The Balaban J connectivity index is 2.23. The van der Waals surface area contributed by atoms with Gasteiger partial charge in [-0.05, 0) is 30.3 Å². The van der Waals surface area contributed by atoms with E-state index in [0.717, 1.165) is 0 Å². The van der Waals surface area contributed by atoms with Crippen LogP contribution < -0.4 is 10.5 Å². The molecule has 0 atom stereocenters. The van der Waals surface area contributed by atoms with Crippen molar-refractivity contribution in [1.82, 2.24) is 4.98 Å². The van der Waals surface area contributed by atoms with Gasteiger partial charge in [0.15, 0.2) is 0 Å². The summed E-state index contributed by atoms with van der Waals surface area (Å²) in [6.07, 6.45) is 1.53. The van der Waals surface area contributed by atoms with Crippen LogP contribution in [0.5, 0.6) is 11.5 Å². The van der Waals surface area contributed by atoms with E-state index in [4.69, 9.17) is 33.7 Å². The number of hydrogen-bond acceptors (Lipinski definition) is 3. The molecule has 0 saturated carbocycles. The summed E-state index contributed by atoms with van der Waals surface area (Å²) in [6.45, 7) is 0. The largest absolute Gasteiger partial charge is 0.454 e. The van der Waals surface area contributed by atoms with Crippen LogP contribution in [0.3, 0.4) is 0 Å². The predicted molar refractivity (Wildman–Crippen MR) is 65.2 cm³/mol. The molecular weight excluding hydrogens is 247 g/mol. The van der Waals surface area contributed by atoms with E-state index < -0.39 is 0 Å². The number of ether oxygens (including phenoxy) is 1. The summed E-state index contributed by atoms with van der Waals surface area (Å²) >= 11 is 11.7. The molecule has 2 rings (SSSR count). The minimum absolute atomic E-state index is 0.439. The van der Waals surface area contributed by atoms with E-state index in [9.17, 15) is 0 Å². The lowest BCUT2D eigenvalue weighted by molar-refractivity contribution is 0.481. The summed E-state index contributed by atoms with van der Waals surface area (Å²) in [5, 5.41) is 1.01. The van der Waals surface area contributed by atoms with Gasteiger partial charge in [0, 0.05) is 5.02 Å². The molecule has 1 aromatic heterocycles. The molecule has 82 valence electrons. The van der Waals surface area contributed by atoms with E-state index >= 15 is 0 Å². The van der Waals surface area contributed by atoms with Gasteiger partial charge in [-0.3, -0.25) is 0 Å². The lowest BCUT2D eigenvalue weighted by Gasteiger charge is -2.07. The molecule has 2 aromatic rings. The number of nitrogens with zero attached hydrogens (tertiary/aromatic N) is 1. The molecule has 5 heteroatoms. The molecule has 0 aliphatic heterocycles. The van der Waals surface area contributed by atoms with Crippen molar-refractivity contribution in [3.05, 3.63) is 46.6 Å². The molecule has 0 saturated heterocycles. The molecular formula is C11H8Cl2N2O. The van der Waals surface area contributed by atoms with Gasteiger partial charge in [-0.25, -0.2) is 4.98 Å². The van der Waals surface area contributed by atoms with Crippen molar-refractivity contribution in [2.45, 2.75) is 0 Å². The fourth-order valence-electron chi connectivity index (χ4n) is 1.14. The highest BCUT2D eigenvalue weighted by Crippen LogP contribution is 2.31. The molecule has 0 aliphatic carbocycles. The molecule has 1 heterocycles. The maximum absolute atomic E-state index is 5.96. The maximum atomic E-state index is 5.96. The lowest BCUT2D eigenvalue weighted by Crippen LogP contribution is -1.90. The van der Waals surface area contributed by atoms with E-state index in [1.54, 1.807) is 30.3 Å². The zero-order valence-electron chi connectivity index (χ0n) is 8.15. The summed E-state index contributed by atoms with van der Waals surface area (Å²) in [4.78, 5) is 3.91. The molecule has 16 heavy (non-hydrogen) atoms. The quantitative estimate of drug-likeness (QED) is 0.888. The van der Waals surface area contributed by atoms with Crippen molar-refractivity contribution in [1.29, 1.82) is 0 Å². The number of nitrogens with two attached hydrogens (primary N) is 1. The van der Waals surface area contributed by atoms with Gasteiger partial charge < -0.3 is 10.5 Å². The Hall–Kier alpha value is -1.45. The first-order chi connectivity index (χ1) is 7.65. The van der Waals surface area contributed by atoms with Crippen molar-refractivity contribution in [2.75, 3.05) is 5.73 Å². The fraction of sp³-hybridized carbons (Fsp3) is 0. The Kier molecular flexibility index (Phi) is 3.17. The molecule has 1 aromatic carbocycles. The van der Waals surface area contributed by atoms with E-state index in [-0.39, 0.29) is 0 Å². The van der Waals surface area contributed by atoms with Crippen molar-refractivity contribution in [3.63, 3.8) is 0 Å². The number of aromatic nitrogens is 1. The second-order valence-corrected chi connectivity index (χ2v) is 3.94. The normalized spacial score (nSPS) is 10.1. The Morgan fingerprint density at radius 3 is 2.56 bits per heavy atom. The summed E-state index contributed by atoms with van der Waals surface area (Å²) in [5.41, 5.74) is 5.46. The number of hydrogen-bond donors (Lipinski definition) is 1. The number of benzene rings is 1. The highest BCUT2D eigenvalue weighted by atomic mass is 35.5. The molecule has 0 unspecified atom stereocenters. The van der Waals surface area contributed by atoms with Crippen LogP contribution in [0, 0.1) is 0 Å². The van der Waals surface area contributed by atoms with Crippen LogP contribution in [-0.2, 0) is 0 Å². The van der Waals surface area contributed by atoms with Crippen molar-refractivity contribution in [3.8, 4) is 11.5 Å². The van der Waals surface area contributed by atoms with Crippen molar-refractivity contribution in [2.24, 2.45) is 0 Å². The Morgan fingerprint density at radius 2 is 1.94 bits per heavy atom. The van der Waals surface area contributed by atoms with Crippen LogP contribution in [-0.4, -0.2) is 4.98 Å². The minimum Gasteiger partial charge on any atom is -0.454 e. The molecule has 0 spiro atoms. The van der Waals surface area contributed by atoms with Gasteiger partial charge in [0.25, 0.3) is 0 Å². The third kappa shape index (κ3) is 2.56. The van der Waals surface area contributed by atoms with Crippen LogP contribution in [0.4, 0.5) is 5.82 Å². The zero-order valence-corrected chi connectivity index (χ0v) is 9.66. The average Bonchev–Trinajstić information content (AvgIpc) is 2.25. The second-order valence-electron chi connectivity index (χ2n) is 3.10. The predicted octanol–water partition coefficient (Wildman–Crippen LogP) is 3.76. The number of rotatable bonds is 2. The molecule has 0 radical (unpaired) electrons. The summed E-state index contributed by atoms with van der Waals surface area (Å²) in [5.74, 6) is 1.53. The highest BCUT2D eigenvalue weighted by molar-refractivity contribution is 6.35. The number of nitrogen functional groups attached to an aromatic ring is 1. The first-order valence-electron chi connectivity index (χ1n) is 4.49. The van der Waals surface area contributed by atoms with E-state index in [0.29, 0.717) is 27.4 Å². The second kappa shape index (κ2) is 4.60. The first-order valence-corrected chi connectivity index (χ1v) is 5.25. The summed E-state index contributed by atoms with van der Waals surface area (Å²) in [6, 6.07) is 8.38. The van der Waals surface area contributed by atoms with Crippen molar-refractivity contribution >= 4 is 29.0 Å². The van der Waals surface area contributed by atoms with Gasteiger partial charge in [-0.15, -0.1) is 0 Å². The van der Waals surface area contributed by atoms with Crippen LogP contribution >= 0.6 is 23.2 Å². The SMILES string of the molecule is Nc1ccc(Oc2ccc(Cl)cc2Cl)cn1. The summed E-state index contributed by atoms with van der Waals surface area (Å²) < 4.78 is 5.51. The lowest BCUT2D eigenvalue weighted by atomic mass is 10.3. The van der Waals surface area contributed by atoms with E-state index in [1.165, 1.54) is 6.20 Å². The van der Waals surface area contributed by atoms with Gasteiger partial charge in [0.2, 0.25) is 0 Å². The molecule has 3 nitrogen and oxygen atoms in total. The zero-order chi connectivity index (χ0) is 11.5. The molecule has 2 N–H and O–H groups in total. The molecule has 0 aliphatic rings. The standard InChI is InChI=1S/C11H8Cl2N2O/c12-7-1-3-10(9(13)5-7)16-8-2-4-11(14)15-6-8/h1-6H,(H2,14,15). The topological polar surface area (TPSA) is 48.1 Å². The fourth-order valence-corrected chi connectivity index (χ4v) is 1.58. The van der Waals surface area contributed by atoms with Crippen LogP contribution in [0.2, 0.25) is 10.0 Å². The van der Waals surface area contributed by atoms with Crippen molar-refractivity contribution < 1.29 is 4.74 Å². The third-order valence-corrected chi connectivity index (χ3v) is 2.41. The smallest absolute Gasteiger partial charge is 0.146 e. The van der Waals surface area contributed by atoms with Crippen LogP contribution in [0.15, 0.2) is 36.5 Å². The van der Waals surface area contributed by atoms with Crippen LogP contribution in [0.1, 0.15) is 0 Å². The van der Waals surface area contributed by atoms with Gasteiger partial charge in [0.1, 0.15) is 17.3 Å². The number of anilines is 1. The molecule has 0 fully saturated rings. The number of halogens is 2. The van der Waals surface area contributed by atoms with E-state index in [2.05, 4.69) is 4.98 Å². The first kappa shape index (κ1) is 11.0. The third-order valence-electron chi connectivity index (χ3n) is 1.88. The molecule has 0 bridgehead atoms. The minimum atomic E-state index is 0.439. The highest BCUT2D eigenvalue weighted by Gasteiger charge is 2.03. The monoisotopic (exact) mass is 254 g/mol. The van der Waals surface area contributed by atoms with Crippen LogP contribution in [0.25, 0.3) is 0 Å². The Bertz CT molecular complexity index is 500. The Morgan fingerprint density at radius 1 is 1.12 bits per heavy atom. The van der Waals surface area contributed by atoms with Gasteiger partial charge in [-0.2, -0.15) is 0 Å². The molecule has 0 amide bonds.